The van der Waals surface area contributed by atoms with Gasteiger partial charge in [0.05, 0.1) is 36.4 Å². The van der Waals surface area contributed by atoms with Crippen molar-refractivity contribution >= 4 is 33.2 Å². The summed E-state index contributed by atoms with van der Waals surface area (Å²) in [5, 5.41) is 0.102. The van der Waals surface area contributed by atoms with Crippen molar-refractivity contribution in [2.75, 3.05) is 44.8 Å². The smallest absolute Gasteiger partial charge is 0.271 e. The molecule has 3 aromatic carbocycles. The van der Waals surface area contributed by atoms with Crippen molar-refractivity contribution in [3.05, 3.63) is 76.6 Å². The minimum Gasteiger partial charge on any atom is -0.495 e. The van der Waals surface area contributed by atoms with Gasteiger partial charge in [-0.25, -0.2) is 25.9 Å². The summed E-state index contributed by atoms with van der Waals surface area (Å²) in [5.41, 5.74) is -1.67. The molecule has 2 aliphatic heterocycles. The van der Waals surface area contributed by atoms with Crippen LogP contribution in [-0.4, -0.2) is 65.6 Å². The van der Waals surface area contributed by atoms with Gasteiger partial charge >= 0.3 is 0 Å². The first-order chi connectivity index (χ1) is 21.4. The van der Waals surface area contributed by atoms with E-state index in [0.29, 0.717) is 23.2 Å². The highest BCUT2D eigenvalue weighted by Gasteiger charge is 2.57. The van der Waals surface area contributed by atoms with Crippen molar-refractivity contribution in [1.29, 1.82) is 0 Å². The molecule has 0 spiro atoms. The van der Waals surface area contributed by atoms with E-state index in [-0.39, 0.29) is 77.0 Å². The van der Waals surface area contributed by atoms with E-state index in [1.54, 1.807) is 13.0 Å². The third kappa shape index (κ3) is 5.95. The van der Waals surface area contributed by atoms with Crippen LogP contribution in [-0.2, 0) is 20.2 Å². The van der Waals surface area contributed by atoms with E-state index in [2.05, 4.69) is 0 Å². The van der Waals surface area contributed by atoms with Crippen LogP contribution in [0.3, 0.4) is 0 Å². The number of sulfonamides is 1. The Bertz CT molecular complexity index is 1700. The van der Waals surface area contributed by atoms with Gasteiger partial charge in [0.2, 0.25) is 0 Å². The first-order valence-corrected chi connectivity index (χ1v) is 16.3. The van der Waals surface area contributed by atoms with Gasteiger partial charge in [0.15, 0.2) is 11.5 Å². The second kappa shape index (κ2) is 12.7. The van der Waals surface area contributed by atoms with E-state index in [9.17, 15) is 22.0 Å². The number of carbonyl (C=O) groups is 1. The average Bonchev–Trinajstić information content (AvgIpc) is 3.25. The van der Waals surface area contributed by atoms with E-state index in [1.165, 1.54) is 62.8 Å². The number of hydrogen-bond acceptors (Lipinski definition) is 7. The summed E-state index contributed by atoms with van der Waals surface area (Å²) < 4.78 is 89.0. The van der Waals surface area contributed by atoms with Gasteiger partial charge in [0.25, 0.3) is 21.9 Å². The van der Waals surface area contributed by atoms with Crippen molar-refractivity contribution in [2.24, 2.45) is 0 Å². The lowest BCUT2D eigenvalue weighted by atomic mass is 9.71. The molecule has 1 amide bonds. The fraction of sp³-hybridized carbons (Fsp3) is 0.406. The quantitative estimate of drug-likeness (QED) is 0.233. The van der Waals surface area contributed by atoms with Gasteiger partial charge < -0.3 is 19.1 Å². The molecule has 5 rings (SSSR count). The number of rotatable bonds is 11. The van der Waals surface area contributed by atoms with Gasteiger partial charge in [0.1, 0.15) is 17.0 Å². The molecule has 2 heterocycles. The van der Waals surface area contributed by atoms with Crippen molar-refractivity contribution in [1.82, 2.24) is 4.90 Å². The highest BCUT2D eigenvalue weighted by Crippen LogP contribution is 2.54. The minimum absolute atomic E-state index is 0.0199. The molecule has 1 atom stereocenters. The SMILES string of the molecule is CCOc1ccc(S(=O)(=O)N2C(=O)C(CCCN3CCC(F)(F)CC3)(c3ccccc3F)c3cc(Cl)c(OC)cc32)cc1OC. The highest BCUT2D eigenvalue weighted by atomic mass is 35.5. The van der Waals surface area contributed by atoms with Gasteiger partial charge in [-0.3, -0.25) is 4.79 Å². The van der Waals surface area contributed by atoms with Crippen molar-refractivity contribution in [3.8, 4) is 17.2 Å². The number of likely N-dealkylation sites (tertiary alicyclic amines) is 1. The molecule has 1 saturated heterocycles. The number of alkyl halides is 2. The number of carbonyl (C=O) groups excluding carboxylic acids is 1. The van der Waals surface area contributed by atoms with Crippen LogP contribution in [0, 0.1) is 5.82 Å². The summed E-state index contributed by atoms with van der Waals surface area (Å²) in [4.78, 5) is 16.4. The number of hydrogen-bond donors (Lipinski definition) is 0. The van der Waals surface area contributed by atoms with Gasteiger partial charge in [-0.05, 0) is 56.1 Å². The van der Waals surface area contributed by atoms with Crippen LogP contribution in [0.1, 0.15) is 43.7 Å². The maximum atomic E-state index is 15.7. The van der Waals surface area contributed by atoms with Crippen LogP contribution in [0.5, 0.6) is 17.2 Å². The zero-order valence-electron chi connectivity index (χ0n) is 25.1. The molecule has 3 aromatic rings. The van der Waals surface area contributed by atoms with Crippen molar-refractivity contribution in [2.45, 2.75) is 48.8 Å². The molecule has 8 nitrogen and oxygen atoms in total. The summed E-state index contributed by atoms with van der Waals surface area (Å²) in [7, 11) is -1.90. The van der Waals surface area contributed by atoms with E-state index in [4.69, 9.17) is 25.8 Å². The summed E-state index contributed by atoms with van der Waals surface area (Å²) in [6, 6.07) is 12.5. The monoisotopic (exact) mass is 666 g/mol. The maximum absolute atomic E-state index is 15.7. The largest absolute Gasteiger partial charge is 0.495 e. The Balaban J connectivity index is 1.65. The van der Waals surface area contributed by atoms with Crippen molar-refractivity contribution < 1.29 is 40.6 Å². The molecular weight excluding hydrogens is 633 g/mol. The molecule has 0 radical (unpaired) electrons. The average molecular weight is 667 g/mol. The second-order valence-corrected chi connectivity index (χ2v) is 13.2. The standard InChI is InChI=1S/C32H34ClF3N2O6S/c1-4-44-27-11-10-21(18-29(27)43-3)45(40,41)38-26-20-28(42-2)24(33)19-23(26)32(30(38)39,22-8-5-6-9-25(22)34)12-7-15-37-16-13-31(35,36)14-17-37/h5-6,8-11,18-20H,4,7,12-17H2,1-3H3. The lowest BCUT2D eigenvalue weighted by Crippen LogP contribution is -2.45. The molecule has 242 valence electrons. The Morgan fingerprint density at radius 2 is 1.62 bits per heavy atom. The van der Waals surface area contributed by atoms with Crippen LogP contribution < -0.4 is 18.5 Å². The number of piperidine rings is 1. The van der Waals surface area contributed by atoms with Crippen LogP contribution in [0.25, 0.3) is 0 Å². The van der Waals surface area contributed by atoms with Crippen molar-refractivity contribution in [3.63, 3.8) is 0 Å². The van der Waals surface area contributed by atoms with E-state index >= 15 is 4.39 Å². The number of fused-ring (bicyclic) bond motifs is 1. The second-order valence-electron chi connectivity index (χ2n) is 11.0. The summed E-state index contributed by atoms with van der Waals surface area (Å²) in [5.74, 6) is -3.75. The predicted molar refractivity (Wildman–Crippen MR) is 164 cm³/mol. The normalized spacial score (nSPS) is 19.8. The zero-order chi connectivity index (χ0) is 32.6. The van der Waals surface area contributed by atoms with Gasteiger partial charge in [0, 0.05) is 43.6 Å². The molecule has 2 aliphatic rings. The number of anilines is 1. The number of halogens is 4. The third-order valence-electron chi connectivity index (χ3n) is 8.42. The molecule has 1 unspecified atom stereocenters. The Morgan fingerprint density at radius 1 is 0.933 bits per heavy atom. The summed E-state index contributed by atoms with van der Waals surface area (Å²) in [6.45, 7) is 2.78. The molecule has 0 N–H and O–H groups in total. The fourth-order valence-corrected chi connectivity index (χ4v) is 7.88. The van der Waals surface area contributed by atoms with Crippen LogP contribution in [0.4, 0.5) is 18.9 Å². The highest BCUT2D eigenvalue weighted by molar-refractivity contribution is 7.93. The molecule has 0 aromatic heterocycles. The van der Waals surface area contributed by atoms with Crippen LogP contribution in [0.2, 0.25) is 5.02 Å². The minimum atomic E-state index is -4.62. The zero-order valence-corrected chi connectivity index (χ0v) is 26.7. The molecule has 0 bridgehead atoms. The number of methoxy groups -OCH3 is 2. The lowest BCUT2D eigenvalue weighted by Gasteiger charge is -2.34. The fourth-order valence-electron chi connectivity index (χ4n) is 6.15. The number of amides is 1. The number of ether oxygens (including phenoxy) is 3. The third-order valence-corrected chi connectivity index (χ3v) is 10.4. The predicted octanol–water partition coefficient (Wildman–Crippen LogP) is 6.43. The van der Waals surface area contributed by atoms with Crippen LogP contribution in [0.15, 0.2) is 59.5 Å². The van der Waals surface area contributed by atoms with Gasteiger partial charge in [-0.2, -0.15) is 0 Å². The Kier molecular flexibility index (Phi) is 9.30. The number of benzene rings is 3. The molecule has 0 aliphatic carbocycles. The Hall–Kier alpha value is -3.48. The Morgan fingerprint density at radius 3 is 2.27 bits per heavy atom. The Labute approximate surface area is 265 Å². The van der Waals surface area contributed by atoms with E-state index < -0.39 is 33.1 Å². The molecular formula is C32H34ClF3N2O6S. The van der Waals surface area contributed by atoms with Gasteiger partial charge in [-0.1, -0.05) is 29.8 Å². The lowest BCUT2D eigenvalue weighted by molar-refractivity contribution is -0.121. The van der Waals surface area contributed by atoms with E-state index in [0.717, 1.165) is 0 Å². The van der Waals surface area contributed by atoms with E-state index in [1.807, 2.05) is 4.90 Å². The molecule has 0 saturated carbocycles. The molecule has 45 heavy (non-hydrogen) atoms. The maximum Gasteiger partial charge on any atom is 0.271 e. The molecule has 1 fully saturated rings. The number of nitrogens with zero attached hydrogens (tertiary/aromatic N) is 2. The first kappa shape index (κ1) is 32.9. The molecule has 13 heteroatoms. The first-order valence-electron chi connectivity index (χ1n) is 14.5. The summed E-state index contributed by atoms with van der Waals surface area (Å²) in [6.07, 6.45) is -0.298. The topological polar surface area (TPSA) is 85.4 Å². The van der Waals surface area contributed by atoms with Crippen LogP contribution >= 0.6 is 11.6 Å². The van der Waals surface area contributed by atoms with Gasteiger partial charge in [-0.15, -0.1) is 0 Å². The summed E-state index contributed by atoms with van der Waals surface area (Å²) >= 11 is 6.55.